The lowest BCUT2D eigenvalue weighted by Gasteiger charge is -2.54. The summed E-state index contributed by atoms with van der Waals surface area (Å²) in [5.41, 5.74) is 4.14. The average molecular weight is 449 g/mol. The Morgan fingerprint density at radius 1 is 1.06 bits per heavy atom. The highest BCUT2D eigenvalue weighted by Gasteiger charge is 2.55. The number of hydrogen-bond acceptors (Lipinski definition) is 2. The van der Waals surface area contributed by atoms with Gasteiger partial charge in [0.15, 0.2) is 0 Å². The molecule has 0 bridgehead atoms. The van der Waals surface area contributed by atoms with Gasteiger partial charge in [-0.25, -0.2) is 0 Å². The minimum atomic E-state index is -0.0571. The Balaban J connectivity index is 0.000000807. The molecule has 4 rings (SSSR count). The SMILES string of the molecule is C=S.CC.CC(C)CCCCC1CCC2C3CC(C)C4=C(CCC(O)C4)C3CCC12C. The monoisotopic (exact) mass is 448 g/mol. The van der Waals surface area contributed by atoms with Gasteiger partial charge in [0.05, 0.1) is 6.10 Å². The van der Waals surface area contributed by atoms with Crippen LogP contribution in [0.3, 0.4) is 0 Å². The first-order chi connectivity index (χ1) is 14.9. The predicted molar refractivity (Wildman–Crippen MR) is 141 cm³/mol. The third kappa shape index (κ3) is 5.84. The van der Waals surface area contributed by atoms with Crippen LogP contribution in [0.15, 0.2) is 11.1 Å². The molecule has 7 unspecified atom stereocenters. The fraction of sp³-hybridized carbons (Fsp3) is 0.897. The molecule has 0 aliphatic heterocycles. The highest BCUT2D eigenvalue weighted by molar-refractivity contribution is 7.77. The van der Waals surface area contributed by atoms with Gasteiger partial charge in [-0.1, -0.05) is 84.2 Å². The topological polar surface area (TPSA) is 20.2 Å². The summed E-state index contributed by atoms with van der Waals surface area (Å²) >= 11 is 3.83. The van der Waals surface area contributed by atoms with Crippen molar-refractivity contribution in [2.45, 2.75) is 125 Å². The summed E-state index contributed by atoms with van der Waals surface area (Å²) in [6, 6.07) is 0. The lowest BCUT2D eigenvalue weighted by Crippen LogP contribution is -2.45. The molecule has 2 fully saturated rings. The van der Waals surface area contributed by atoms with Crippen molar-refractivity contribution in [3.8, 4) is 0 Å². The van der Waals surface area contributed by atoms with Crippen LogP contribution in [-0.4, -0.2) is 17.1 Å². The van der Waals surface area contributed by atoms with Gasteiger partial charge in [-0.05, 0) is 105 Å². The van der Waals surface area contributed by atoms with Crippen molar-refractivity contribution < 1.29 is 5.11 Å². The van der Waals surface area contributed by atoms with Crippen LogP contribution in [0.5, 0.6) is 0 Å². The zero-order chi connectivity index (χ0) is 23.2. The molecule has 0 spiro atoms. The second-order valence-corrected chi connectivity index (χ2v) is 11.5. The van der Waals surface area contributed by atoms with Gasteiger partial charge in [0, 0.05) is 0 Å². The van der Waals surface area contributed by atoms with Gasteiger partial charge >= 0.3 is 0 Å². The highest BCUT2D eigenvalue weighted by atomic mass is 32.1. The van der Waals surface area contributed by atoms with Gasteiger partial charge in [0.1, 0.15) is 0 Å². The number of thiocarbonyl (C=S) groups is 1. The summed E-state index contributed by atoms with van der Waals surface area (Å²) in [5, 5.41) is 10.2. The summed E-state index contributed by atoms with van der Waals surface area (Å²) in [5.74, 6) is 8.23. The van der Waals surface area contributed by atoms with Gasteiger partial charge in [-0.2, -0.15) is 0 Å². The Labute approximate surface area is 199 Å². The summed E-state index contributed by atoms with van der Waals surface area (Å²) in [6.45, 7) is 13.9. The van der Waals surface area contributed by atoms with Crippen LogP contribution in [0.2, 0.25) is 0 Å². The number of aliphatic hydroxyl groups excluding tert-OH is 1. The van der Waals surface area contributed by atoms with E-state index in [-0.39, 0.29) is 6.10 Å². The third-order valence-corrected chi connectivity index (χ3v) is 9.50. The Hall–Kier alpha value is -0.210. The van der Waals surface area contributed by atoms with E-state index in [2.05, 4.69) is 45.8 Å². The zero-order valence-electron chi connectivity index (χ0n) is 21.6. The van der Waals surface area contributed by atoms with E-state index in [0.29, 0.717) is 5.41 Å². The van der Waals surface area contributed by atoms with Crippen molar-refractivity contribution >= 4 is 18.1 Å². The van der Waals surface area contributed by atoms with Crippen LogP contribution in [0.1, 0.15) is 119 Å². The highest BCUT2D eigenvalue weighted by Crippen LogP contribution is 2.64. The number of hydrogen-bond donors (Lipinski definition) is 1. The first kappa shape index (κ1) is 27.0. The maximum Gasteiger partial charge on any atom is 0.0580 e. The molecule has 180 valence electrons. The van der Waals surface area contributed by atoms with Crippen LogP contribution >= 0.6 is 12.2 Å². The molecule has 0 saturated heterocycles. The third-order valence-electron chi connectivity index (χ3n) is 9.50. The van der Waals surface area contributed by atoms with Gasteiger partial charge in [0.25, 0.3) is 0 Å². The molecule has 1 N–H and O–H groups in total. The molecule has 4 aliphatic carbocycles. The minimum Gasteiger partial charge on any atom is -0.393 e. The van der Waals surface area contributed by atoms with E-state index in [1.807, 2.05) is 19.4 Å². The second-order valence-electron chi connectivity index (χ2n) is 11.5. The molecule has 0 amide bonds. The smallest absolute Gasteiger partial charge is 0.0580 e. The Bertz CT molecular complexity index is 581. The molecular weight excluding hydrogens is 396 g/mol. The molecule has 7 atom stereocenters. The van der Waals surface area contributed by atoms with E-state index in [4.69, 9.17) is 0 Å². The van der Waals surface area contributed by atoms with Gasteiger partial charge in [-0.15, -0.1) is 0 Å². The lowest BCUT2D eigenvalue weighted by atomic mass is 9.51. The molecule has 0 aromatic rings. The Morgan fingerprint density at radius 3 is 2.45 bits per heavy atom. The zero-order valence-corrected chi connectivity index (χ0v) is 22.4. The molecule has 0 aromatic heterocycles. The molecular formula is C29H52OS. The number of fused-ring (bicyclic) bond motifs is 4. The molecule has 2 saturated carbocycles. The normalized spacial score (nSPS) is 38.8. The maximum atomic E-state index is 10.2. The van der Waals surface area contributed by atoms with E-state index in [9.17, 15) is 5.11 Å². The van der Waals surface area contributed by atoms with Crippen molar-refractivity contribution in [2.24, 2.45) is 40.9 Å². The van der Waals surface area contributed by atoms with Crippen molar-refractivity contribution in [1.82, 2.24) is 0 Å². The van der Waals surface area contributed by atoms with E-state index in [1.165, 1.54) is 64.2 Å². The van der Waals surface area contributed by atoms with E-state index < -0.39 is 0 Å². The van der Waals surface area contributed by atoms with Gasteiger partial charge in [0.2, 0.25) is 0 Å². The molecule has 4 aliphatic rings. The van der Waals surface area contributed by atoms with Crippen LogP contribution in [-0.2, 0) is 0 Å². The minimum absolute atomic E-state index is 0.0571. The molecule has 2 heteroatoms. The molecule has 0 aromatic carbocycles. The number of rotatable bonds is 5. The van der Waals surface area contributed by atoms with Crippen molar-refractivity contribution in [3.05, 3.63) is 11.1 Å². The number of allylic oxidation sites excluding steroid dienone is 1. The maximum absolute atomic E-state index is 10.2. The van der Waals surface area contributed by atoms with Gasteiger partial charge in [-0.3, -0.25) is 0 Å². The van der Waals surface area contributed by atoms with Crippen molar-refractivity contribution in [2.75, 3.05) is 0 Å². The standard InChI is InChI=1S/C26H44O.C2H6.CH2S/c1-17(2)7-5-6-8-19-9-12-25-24-15-18(3)23-16-20(27)10-11-21(23)22(24)13-14-26(19,25)4;2*1-2/h17-20,22,24-25,27H,5-16H2,1-4H3;1-2H3;1H2. The van der Waals surface area contributed by atoms with Crippen molar-refractivity contribution in [1.29, 1.82) is 0 Å². The average Bonchev–Trinajstić information content (AvgIpc) is 3.11. The number of unbranched alkanes of at least 4 members (excludes halogenated alkanes) is 1. The Kier molecular flexibility index (Phi) is 10.7. The summed E-state index contributed by atoms with van der Waals surface area (Å²) in [6.07, 6.45) is 16.3. The summed E-state index contributed by atoms with van der Waals surface area (Å²) < 4.78 is 0. The first-order valence-corrected chi connectivity index (χ1v) is 14.2. The molecule has 1 nitrogen and oxygen atoms in total. The van der Waals surface area contributed by atoms with Crippen LogP contribution < -0.4 is 0 Å². The summed E-state index contributed by atoms with van der Waals surface area (Å²) in [7, 11) is 0. The van der Waals surface area contributed by atoms with E-state index in [0.717, 1.165) is 48.3 Å². The lowest BCUT2D eigenvalue weighted by molar-refractivity contribution is 0.000922. The summed E-state index contributed by atoms with van der Waals surface area (Å²) in [4.78, 5) is 0. The van der Waals surface area contributed by atoms with Crippen LogP contribution in [0, 0.1) is 40.9 Å². The molecule has 31 heavy (non-hydrogen) atoms. The largest absolute Gasteiger partial charge is 0.393 e. The first-order valence-electron chi connectivity index (χ1n) is 13.6. The molecule has 0 radical (unpaired) electrons. The Morgan fingerprint density at radius 2 is 1.77 bits per heavy atom. The van der Waals surface area contributed by atoms with E-state index >= 15 is 0 Å². The predicted octanol–water partition coefficient (Wildman–Crippen LogP) is 8.78. The van der Waals surface area contributed by atoms with E-state index in [1.54, 1.807) is 5.57 Å². The van der Waals surface area contributed by atoms with Gasteiger partial charge < -0.3 is 5.11 Å². The van der Waals surface area contributed by atoms with Crippen LogP contribution in [0.25, 0.3) is 0 Å². The quantitative estimate of drug-likeness (QED) is 0.257. The van der Waals surface area contributed by atoms with Crippen LogP contribution in [0.4, 0.5) is 0 Å². The molecule has 0 heterocycles. The fourth-order valence-corrected chi connectivity index (χ4v) is 8.04. The number of aliphatic hydroxyl groups is 1. The van der Waals surface area contributed by atoms with Crippen molar-refractivity contribution in [3.63, 3.8) is 0 Å². The second kappa shape index (κ2) is 12.3. The fourth-order valence-electron chi connectivity index (χ4n) is 8.04.